The Hall–Kier alpha value is -0.170. The highest BCUT2D eigenvalue weighted by atomic mass is 32.2. The summed E-state index contributed by atoms with van der Waals surface area (Å²) >= 11 is 0. The van der Waals surface area contributed by atoms with Gasteiger partial charge in [0.25, 0.3) is 10.1 Å². The Morgan fingerprint density at radius 2 is 1.86 bits per heavy atom. The minimum absolute atomic E-state index is 0.0660. The third-order valence-corrected chi connectivity index (χ3v) is 2.45. The molecule has 1 saturated heterocycles. The van der Waals surface area contributed by atoms with E-state index in [9.17, 15) is 8.42 Å². The quantitative estimate of drug-likeness (QED) is 0.645. The van der Waals surface area contributed by atoms with Crippen LogP contribution in [0.2, 0.25) is 0 Å². The molecule has 0 aromatic rings. The zero-order chi connectivity index (χ0) is 10.8. The molecule has 84 valence electrons. The number of ether oxygens (including phenoxy) is 2. The molecule has 0 aromatic heterocycles. The largest absolute Gasteiger partial charge is 0.350 e. The topological polar surface area (TPSA) is 61.8 Å². The van der Waals surface area contributed by atoms with Gasteiger partial charge in [-0.15, -0.1) is 0 Å². The van der Waals surface area contributed by atoms with Crippen LogP contribution < -0.4 is 0 Å². The molecule has 0 bridgehead atoms. The van der Waals surface area contributed by atoms with Crippen LogP contribution in [0.15, 0.2) is 0 Å². The van der Waals surface area contributed by atoms with Crippen molar-refractivity contribution in [3.05, 3.63) is 0 Å². The Morgan fingerprint density at radius 3 is 2.29 bits per heavy atom. The van der Waals surface area contributed by atoms with Gasteiger partial charge in [-0.1, -0.05) is 13.8 Å². The Balaban J connectivity index is 2.48. The summed E-state index contributed by atoms with van der Waals surface area (Å²) in [4.78, 5) is 0. The Kier molecular flexibility index (Phi) is 3.52. The molecule has 0 spiro atoms. The van der Waals surface area contributed by atoms with Gasteiger partial charge in [-0.05, 0) is 0 Å². The predicted molar refractivity (Wildman–Crippen MR) is 50.3 cm³/mol. The van der Waals surface area contributed by atoms with Crippen LogP contribution in [0.4, 0.5) is 0 Å². The minimum Gasteiger partial charge on any atom is -0.350 e. The maximum absolute atomic E-state index is 10.8. The van der Waals surface area contributed by atoms with Crippen LogP contribution in [0.1, 0.15) is 13.8 Å². The fraction of sp³-hybridized carbons (Fsp3) is 1.00. The van der Waals surface area contributed by atoms with Crippen molar-refractivity contribution >= 4 is 10.1 Å². The molecule has 0 atom stereocenters. The molecule has 5 nitrogen and oxygen atoms in total. The first-order valence-electron chi connectivity index (χ1n) is 4.39. The maximum Gasteiger partial charge on any atom is 0.264 e. The minimum atomic E-state index is -3.40. The molecule has 6 heteroatoms. The van der Waals surface area contributed by atoms with Crippen molar-refractivity contribution < 1.29 is 22.1 Å². The molecule has 0 aromatic carbocycles. The third-order valence-electron chi connectivity index (χ3n) is 1.90. The van der Waals surface area contributed by atoms with Gasteiger partial charge in [-0.25, -0.2) is 0 Å². The van der Waals surface area contributed by atoms with E-state index in [0.29, 0.717) is 13.2 Å². The van der Waals surface area contributed by atoms with Crippen molar-refractivity contribution in [2.24, 2.45) is 5.41 Å². The van der Waals surface area contributed by atoms with Gasteiger partial charge < -0.3 is 9.47 Å². The van der Waals surface area contributed by atoms with E-state index in [2.05, 4.69) is 0 Å². The lowest BCUT2D eigenvalue weighted by atomic mass is 9.94. The average Bonchev–Trinajstić information content (AvgIpc) is 2.52. The smallest absolute Gasteiger partial charge is 0.264 e. The van der Waals surface area contributed by atoms with E-state index in [0.717, 1.165) is 6.26 Å². The first kappa shape index (κ1) is 11.9. The molecular weight excluding hydrogens is 208 g/mol. The van der Waals surface area contributed by atoms with Gasteiger partial charge in [-0.2, -0.15) is 8.42 Å². The second kappa shape index (κ2) is 4.14. The Labute approximate surface area is 84.5 Å². The molecule has 1 fully saturated rings. The summed E-state index contributed by atoms with van der Waals surface area (Å²) in [5, 5.41) is 0. The van der Waals surface area contributed by atoms with Crippen molar-refractivity contribution in [1.29, 1.82) is 0 Å². The SMILES string of the molecule is CC(C)(COS(C)(=O)=O)C1OCCO1. The number of hydrogen-bond acceptors (Lipinski definition) is 5. The van der Waals surface area contributed by atoms with E-state index >= 15 is 0 Å². The van der Waals surface area contributed by atoms with Crippen LogP contribution in [0.5, 0.6) is 0 Å². The van der Waals surface area contributed by atoms with Gasteiger partial charge in [0.15, 0.2) is 6.29 Å². The molecule has 14 heavy (non-hydrogen) atoms. The maximum atomic E-state index is 10.8. The van der Waals surface area contributed by atoms with Crippen LogP contribution in [-0.4, -0.2) is 40.8 Å². The summed E-state index contributed by atoms with van der Waals surface area (Å²) in [6, 6.07) is 0. The zero-order valence-corrected chi connectivity index (χ0v) is 9.46. The van der Waals surface area contributed by atoms with E-state index in [4.69, 9.17) is 13.7 Å². The molecule has 0 amide bonds. The normalized spacial score (nSPS) is 20.2. The molecule has 1 aliphatic rings. The first-order valence-corrected chi connectivity index (χ1v) is 6.20. The zero-order valence-electron chi connectivity index (χ0n) is 8.65. The van der Waals surface area contributed by atoms with Crippen LogP contribution in [0, 0.1) is 5.41 Å². The summed E-state index contributed by atoms with van der Waals surface area (Å²) in [7, 11) is -3.40. The van der Waals surface area contributed by atoms with E-state index in [1.165, 1.54) is 0 Å². The highest BCUT2D eigenvalue weighted by Crippen LogP contribution is 2.27. The predicted octanol–water partition coefficient (Wildman–Crippen LogP) is 0.362. The number of hydrogen-bond donors (Lipinski definition) is 0. The molecule has 0 saturated carbocycles. The fourth-order valence-corrected chi connectivity index (χ4v) is 1.65. The summed E-state index contributed by atoms with van der Waals surface area (Å²) in [5.41, 5.74) is -0.459. The molecule has 0 N–H and O–H groups in total. The van der Waals surface area contributed by atoms with Gasteiger partial charge in [-0.3, -0.25) is 4.18 Å². The van der Waals surface area contributed by atoms with Gasteiger partial charge >= 0.3 is 0 Å². The number of rotatable bonds is 4. The van der Waals surface area contributed by atoms with Gasteiger partial charge in [0.2, 0.25) is 0 Å². The highest BCUT2D eigenvalue weighted by Gasteiger charge is 2.35. The molecule has 0 aliphatic carbocycles. The average molecular weight is 224 g/mol. The summed E-state index contributed by atoms with van der Waals surface area (Å²) in [6.07, 6.45) is 0.642. The Morgan fingerprint density at radius 1 is 1.36 bits per heavy atom. The van der Waals surface area contributed by atoms with E-state index in [-0.39, 0.29) is 12.9 Å². The lowest BCUT2D eigenvalue weighted by Crippen LogP contribution is -2.35. The molecule has 0 unspecified atom stereocenters. The van der Waals surface area contributed by atoms with Crippen molar-refractivity contribution in [2.75, 3.05) is 26.1 Å². The summed E-state index contributed by atoms with van der Waals surface area (Å²) in [5.74, 6) is 0. The molecule has 1 heterocycles. The Bertz CT molecular complexity index is 276. The van der Waals surface area contributed by atoms with Crippen LogP contribution in [0.25, 0.3) is 0 Å². The van der Waals surface area contributed by atoms with E-state index in [1.807, 2.05) is 13.8 Å². The molecular formula is C8H16O5S. The van der Waals surface area contributed by atoms with Gasteiger partial charge in [0.1, 0.15) is 0 Å². The lowest BCUT2D eigenvalue weighted by molar-refractivity contribution is -0.130. The lowest BCUT2D eigenvalue weighted by Gasteiger charge is -2.28. The van der Waals surface area contributed by atoms with Crippen LogP contribution in [0.3, 0.4) is 0 Å². The van der Waals surface area contributed by atoms with Crippen molar-refractivity contribution in [1.82, 2.24) is 0 Å². The second-order valence-corrected chi connectivity index (χ2v) is 5.67. The van der Waals surface area contributed by atoms with Crippen molar-refractivity contribution in [3.63, 3.8) is 0 Å². The standard InChI is InChI=1S/C8H16O5S/c1-8(2,6-13-14(3,9)10)7-11-4-5-12-7/h7H,4-6H2,1-3H3. The summed E-state index contributed by atoms with van der Waals surface area (Å²) < 4.78 is 36.9. The third kappa shape index (κ3) is 3.53. The highest BCUT2D eigenvalue weighted by molar-refractivity contribution is 7.85. The van der Waals surface area contributed by atoms with Gasteiger partial charge in [0, 0.05) is 5.41 Å². The van der Waals surface area contributed by atoms with E-state index < -0.39 is 15.5 Å². The monoisotopic (exact) mass is 224 g/mol. The van der Waals surface area contributed by atoms with Crippen molar-refractivity contribution in [3.8, 4) is 0 Å². The second-order valence-electron chi connectivity index (χ2n) is 4.03. The fourth-order valence-electron chi connectivity index (χ4n) is 1.14. The van der Waals surface area contributed by atoms with Crippen LogP contribution >= 0.6 is 0 Å². The first-order chi connectivity index (χ1) is 6.31. The van der Waals surface area contributed by atoms with Gasteiger partial charge in [0.05, 0.1) is 26.1 Å². The summed E-state index contributed by atoms with van der Waals surface area (Å²) in [6.45, 7) is 4.85. The van der Waals surface area contributed by atoms with Crippen LogP contribution in [-0.2, 0) is 23.8 Å². The van der Waals surface area contributed by atoms with E-state index in [1.54, 1.807) is 0 Å². The molecule has 1 aliphatic heterocycles. The van der Waals surface area contributed by atoms with Crippen molar-refractivity contribution in [2.45, 2.75) is 20.1 Å². The molecule has 0 radical (unpaired) electrons. The molecule has 1 rings (SSSR count).